The minimum atomic E-state index is 0.782. The summed E-state index contributed by atoms with van der Waals surface area (Å²) < 4.78 is 0. The summed E-state index contributed by atoms with van der Waals surface area (Å²) in [7, 11) is 2.09. The molecule has 1 N–H and O–H groups in total. The highest BCUT2D eigenvalue weighted by molar-refractivity contribution is 5.20. The summed E-state index contributed by atoms with van der Waals surface area (Å²) in [4.78, 5) is 0. The Morgan fingerprint density at radius 1 is 1.25 bits per heavy atom. The van der Waals surface area contributed by atoms with Crippen LogP contribution >= 0.6 is 0 Å². The maximum absolute atomic E-state index is 3.34. The number of hydrogen-bond donors (Lipinski definition) is 1. The summed E-state index contributed by atoms with van der Waals surface area (Å²) in [6.07, 6.45) is 9.30. The van der Waals surface area contributed by atoms with E-state index in [1.54, 1.807) is 32.1 Å². The van der Waals surface area contributed by atoms with E-state index in [1.165, 1.54) is 13.0 Å². The lowest BCUT2D eigenvalue weighted by Gasteiger charge is -2.75. The molecule has 4 aliphatic carbocycles. The molecule has 0 aromatic carbocycles. The molecule has 0 spiro atoms. The lowest BCUT2D eigenvalue weighted by atomic mass is 9.30. The molecule has 68 valence electrons. The van der Waals surface area contributed by atoms with E-state index in [4.69, 9.17) is 0 Å². The van der Waals surface area contributed by atoms with Gasteiger partial charge in [-0.05, 0) is 55.9 Å². The lowest BCUT2D eigenvalue weighted by Crippen LogP contribution is -2.68. The predicted octanol–water partition coefficient (Wildman–Crippen LogP) is 2.18. The van der Waals surface area contributed by atoms with Gasteiger partial charge in [-0.15, -0.1) is 0 Å². The van der Waals surface area contributed by atoms with Gasteiger partial charge in [0.15, 0.2) is 0 Å². The average molecular weight is 165 g/mol. The largest absolute Gasteiger partial charge is 0.319 e. The highest BCUT2D eigenvalue weighted by atomic mass is 14.9. The van der Waals surface area contributed by atoms with Crippen molar-refractivity contribution < 1.29 is 0 Å². The molecule has 1 heteroatoms. The summed E-state index contributed by atoms with van der Waals surface area (Å²) in [5.41, 5.74) is 1.67. The van der Waals surface area contributed by atoms with Crippen molar-refractivity contribution in [2.75, 3.05) is 13.6 Å². The molecule has 0 aromatic heterocycles. The molecular formula is C11H19N. The van der Waals surface area contributed by atoms with Crippen LogP contribution in [0, 0.1) is 16.7 Å². The first-order valence-electron chi connectivity index (χ1n) is 5.43. The molecule has 4 aliphatic rings. The minimum absolute atomic E-state index is 0.782. The van der Waals surface area contributed by atoms with Crippen LogP contribution in [0.15, 0.2) is 0 Å². The van der Waals surface area contributed by atoms with Crippen LogP contribution in [0.4, 0.5) is 0 Å². The fraction of sp³-hybridized carbons (Fsp3) is 1.00. The SMILES string of the molecule is CNCC12CC(C3CCC3)(C1)C2. The van der Waals surface area contributed by atoms with Gasteiger partial charge in [-0.25, -0.2) is 0 Å². The molecule has 12 heavy (non-hydrogen) atoms. The van der Waals surface area contributed by atoms with E-state index in [-0.39, 0.29) is 0 Å². The van der Waals surface area contributed by atoms with Gasteiger partial charge in [-0.3, -0.25) is 0 Å². The Morgan fingerprint density at radius 3 is 2.33 bits per heavy atom. The van der Waals surface area contributed by atoms with Crippen molar-refractivity contribution in [1.29, 1.82) is 0 Å². The molecule has 4 saturated carbocycles. The molecule has 0 radical (unpaired) electrons. The van der Waals surface area contributed by atoms with Gasteiger partial charge in [-0.1, -0.05) is 6.42 Å². The molecule has 2 bridgehead atoms. The topological polar surface area (TPSA) is 12.0 Å². The summed E-state index contributed by atoms with van der Waals surface area (Å²) >= 11 is 0. The van der Waals surface area contributed by atoms with Crippen LogP contribution < -0.4 is 5.32 Å². The van der Waals surface area contributed by atoms with Crippen molar-refractivity contribution in [2.24, 2.45) is 16.7 Å². The van der Waals surface area contributed by atoms with E-state index in [0.717, 1.165) is 16.7 Å². The van der Waals surface area contributed by atoms with Gasteiger partial charge < -0.3 is 5.32 Å². The zero-order valence-corrected chi connectivity index (χ0v) is 8.03. The molecular weight excluding hydrogens is 146 g/mol. The molecule has 0 aromatic rings. The molecule has 1 nitrogen and oxygen atoms in total. The van der Waals surface area contributed by atoms with E-state index < -0.39 is 0 Å². The normalized spacial score (nSPS) is 50.8. The Morgan fingerprint density at radius 2 is 1.92 bits per heavy atom. The Labute approximate surface area is 74.9 Å². The Hall–Kier alpha value is -0.0400. The average Bonchev–Trinajstić information content (AvgIpc) is 1.76. The first-order valence-corrected chi connectivity index (χ1v) is 5.43. The van der Waals surface area contributed by atoms with Gasteiger partial charge in [-0.2, -0.15) is 0 Å². The van der Waals surface area contributed by atoms with E-state index in [2.05, 4.69) is 12.4 Å². The Kier molecular flexibility index (Phi) is 1.27. The van der Waals surface area contributed by atoms with Crippen LogP contribution in [0.25, 0.3) is 0 Å². The van der Waals surface area contributed by atoms with Crippen LogP contribution in [0.1, 0.15) is 38.5 Å². The number of hydrogen-bond acceptors (Lipinski definition) is 1. The monoisotopic (exact) mass is 165 g/mol. The number of rotatable bonds is 3. The third-order valence-electron chi connectivity index (χ3n) is 4.70. The van der Waals surface area contributed by atoms with Crippen LogP contribution in [0.2, 0.25) is 0 Å². The molecule has 0 aliphatic heterocycles. The van der Waals surface area contributed by atoms with Crippen molar-refractivity contribution in [3.05, 3.63) is 0 Å². The standard InChI is InChI=1S/C11H19N/c1-12-8-10-5-11(6-10,7-10)9-3-2-4-9/h9,12H,2-8H2,1H3. The summed E-state index contributed by atoms with van der Waals surface area (Å²) in [5.74, 6) is 1.15. The van der Waals surface area contributed by atoms with Crippen LogP contribution in [0.5, 0.6) is 0 Å². The molecule has 4 rings (SSSR count). The van der Waals surface area contributed by atoms with Crippen molar-refractivity contribution in [1.82, 2.24) is 5.32 Å². The predicted molar refractivity (Wildman–Crippen MR) is 50.0 cm³/mol. The van der Waals surface area contributed by atoms with E-state index >= 15 is 0 Å². The quantitative estimate of drug-likeness (QED) is 0.676. The van der Waals surface area contributed by atoms with Crippen molar-refractivity contribution in [2.45, 2.75) is 38.5 Å². The molecule has 0 amide bonds. The second kappa shape index (κ2) is 2.06. The van der Waals surface area contributed by atoms with Crippen molar-refractivity contribution in [3.8, 4) is 0 Å². The number of nitrogens with one attached hydrogen (secondary N) is 1. The van der Waals surface area contributed by atoms with Crippen LogP contribution in [-0.2, 0) is 0 Å². The zero-order chi connectivity index (χ0) is 8.23. The maximum Gasteiger partial charge on any atom is 0.000543 e. The molecule has 4 fully saturated rings. The highest BCUT2D eigenvalue weighted by Crippen LogP contribution is 2.78. The van der Waals surface area contributed by atoms with Gasteiger partial charge in [0.1, 0.15) is 0 Å². The summed E-state index contributed by atoms with van der Waals surface area (Å²) in [5, 5.41) is 3.34. The fourth-order valence-corrected chi connectivity index (χ4v) is 4.10. The van der Waals surface area contributed by atoms with Crippen molar-refractivity contribution in [3.63, 3.8) is 0 Å². The van der Waals surface area contributed by atoms with Gasteiger partial charge in [0.05, 0.1) is 0 Å². The first kappa shape index (κ1) is 7.37. The van der Waals surface area contributed by atoms with E-state index in [9.17, 15) is 0 Å². The highest BCUT2D eigenvalue weighted by Gasteiger charge is 2.69. The van der Waals surface area contributed by atoms with Gasteiger partial charge >= 0.3 is 0 Å². The third kappa shape index (κ3) is 0.693. The maximum atomic E-state index is 3.34. The summed E-state index contributed by atoms with van der Waals surface area (Å²) in [6, 6.07) is 0. The fourth-order valence-electron chi connectivity index (χ4n) is 4.10. The third-order valence-corrected chi connectivity index (χ3v) is 4.70. The second-order valence-corrected chi connectivity index (χ2v) is 5.55. The van der Waals surface area contributed by atoms with Crippen LogP contribution in [-0.4, -0.2) is 13.6 Å². The van der Waals surface area contributed by atoms with E-state index in [0.29, 0.717) is 0 Å². The zero-order valence-electron chi connectivity index (χ0n) is 8.03. The lowest BCUT2D eigenvalue weighted by molar-refractivity contribution is -0.245. The molecule has 0 heterocycles. The Balaban J connectivity index is 1.60. The molecule has 0 saturated heterocycles. The molecule has 0 unspecified atom stereocenters. The Bertz CT molecular complexity index is 185. The second-order valence-electron chi connectivity index (χ2n) is 5.55. The minimum Gasteiger partial charge on any atom is -0.319 e. The van der Waals surface area contributed by atoms with Gasteiger partial charge in [0.25, 0.3) is 0 Å². The van der Waals surface area contributed by atoms with Gasteiger partial charge in [0.2, 0.25) is 0 Å². The van der Waals surface area contributed by atoms with Gasteiger partial charge in [0, 0.05) is 6.54 Å². The smallest absolute Gasteiger partial charge is 0.000543 e. The van der Waals surface area contributed by atoms with E-state index in [1.807, 2.05) is 0 Å². The van der Waals surface area contributed by atoms with Crippen molar-refractivity contribution >= 4 is 0 Å². The first-order chi connectivity index (χ1) is 5.79. The van der Waals surface area contributed by atoms with Crippen LogP contribution in [0.3, 0.4) is 0 Å². The summed E-state index contributed by atoms with van der Waals surface area (Å²) in [6.45, 7) is 1.28. The molecule has 0 atom stereocenters.